The van der Waals surface area contributed by atoms with Crippen LogP contribution in [0.2, 0.25) is 0 Å². The molecular weight excluding hydrogens is 232 g/mol. The van der Waals surface area contributed by atoms with Crippen LogP contribution in [0.25, 0.3) is 0 Å². The minimum atomic E-state index is -0.495. The van der Waals surface area contributed by atoms with Gasteiger partial charge in [-0.05, 0) is 30.5 Å². The average molecular weight is 248 g/mol. The minimum Gasteiger partial charge on any atom is -0.394 e. The lowest BCUT2D eigenvalue weighted by molar-refractivity contribution is 0.170. The molecule has 0 aromatic carbocycles. The first-order valence-electron chi connectivity index (χ1n) is 5.54. The maximum absolute atomic E-state index is 9.57. The van der Waals surface area contributed by atoms with Gasteiger partial charge in [-0.15, -0.1) is 11.3 Å². The van der Waals surface area contributed by atoms with Crippen molar-refractivity contribution in [3.05, 3.63) is 52.5 Å². The Bertz CT molecular complexity index is 444. The van der Waals surface area contributed by atoms with E-state index in [1.165, 1.54) is 4.88 Å². The van der Waals surface area contributed by atoms with Crippen LogP contribution in [0.1, 0.15) is 17.5 Å². The van der Waals surface area contributed by atoms with E-state index in [1.54, 1.807) is 17.5 Å². The third kappa shape index (κ3) is 2.91. The fraction of sp³-hybridized carbons (Fsp3) is 0.308. The van der Waals surface area contributed by atoms with Gasteiger partial charge < -0.3 is 5.11 Å². The van der Waals surface area contributed by atoms with Crippen molar-refractivity contribution in [3.8, 4) is 0 Å². The van der Waals surface area contributed by atoms with Crippen molar-refractivity contribution in [1.29, 1.82) is 0 Å². The molecule has 0 amide bonds. The van der Waals surface area contributed by atoms with Gasteiger partial charge in [-0.3, -0.25) is 10.3 Å². The number of thiophene rings is 1. The van der Waals surface area contributed by atoms with Gasteiger partial charge >= 0.3 is 0 Å². The summed E-state index contributed by atoms with van der Waals surface area (Å²) in [6.07, 6.45) is 1.75. The van der Waals surface area contributed by atoms with Crippen LogP contribution in [0, 0.1) is 0 Å². The first kappa shape index (κ1) is 12.2. The Morgan fingerprint density at radius 1 is 1.35 bits per heavy atom. The highest BCUT2D eigenvalue weighted by Gasteiger charge is 2.26. The maximum Gasteiger partial charge on any atom is 0.0816 e. The molecule has 0 saturated heterocycles. The summed E-state index contributed by atoms with van der Waals surface area (Å²) in [4.78, 5) is 5.55. The van der Waals surface area contributed by atoms with Crippen molar-refractivity contribution < 1.29 is 5.11 Å². The number of hydrogen-bond acceptors (Lipinski definition) is 4. The fourth-order valence-corrected chi connectivity index (χ4v) is 2.26. The monoisotopic (exact) mass is 248 g/mol. The summed E-state index contributed by atoms with van der Waals surface area (Å²) < 4.78 is 0. The third-order valence-corrected chi connectivity index (χ3v) is 3.66. The molecule has 0 bridgehead atoms. The molecular formula is C13H16N2OS. The van der Waals surface area contributed by atoms with Crippen molar-refractivity contribution in [2.75, 3.05) is 6.61 Å². The maximum atomic E-state index is 9.57. The third-order valence-electron chi connectivity index (χ3n) is 2.78. The molecule has 0 aliphatic rings. The number of nitrogens with zero attached hydrogens (tertiary/aromatic N) is 1. The molecule has 90 valence electrons. The zero-order valence-electron chi connectivity index (χ0n) is 9.76. The molecule has 2 heterocycles. The van der Waals surface area contributed by atoms with Crippen LogP contribution in [-0.2, 0) is 12.1 Å². The number of hydrogen-bond donors (Lipinski definition) is 2. The predicted molar refractivity (Wildman–Crippen MR) is 69.8 cm³/mol. The summed E-state index contributed by atoms with van der Waals surface area (Å²) in [7, 11) is 0. The van der Waals surface area contributed by atoms with Gasteiger partial charge in [0.2, 0.25) is 0 Å². The van der Waals surface area contributed by atoms with Crippen LogP contribution in [-0.4, -0.2) is 16.7 Å². The first-order chi connectivity index (χ1) is 8.24. The Kier molecular flexibility index (Phi) is 3.89. The highest BCUT2D eigenvalue weighted by Crippen LogP contribution is 2.19. The lowest BCUT2D eigenvalue weighted by Crippen LogP contribution is -2.43. The van der Waals surface area contributed by atoms with Gasteiger partial charge in [0.25, 0.3) is 0 Å². The summed E-state index contributed by atoms with van der Waals surface area (Å²) in [6, 6.07) is 9.84. The van der Waals surface area contributed by atoms with E-state index in [0.717, 1.165) is 12.2 Å². The molecule has 0 radical (unpaired) electrons. The summed E-state index contributed by atoms with van der Waals surface area (Å²) in [5.74, 6) is 0. The lowest BCUT2D eigenvalue weighted by Gasteiger charge is -2.28. The molecule has 2 rings (SSSR count). The molecule has 2 aromatic rings. The second-order valence-electron chi connectivity index (χ2n) is 4.14. The first-order valence-corrected chi connectivity index (χ1v) is 6.42. The number of rotatable bonds is 5. The number of pyridine rings is 1. The molecule has 3 nitrogen and oxygen atoms in total. The quantitative estimate of drug-likeness (QED) is 0.852. The van der Waals surface area contributed by atoms with E-state index in [9.17, 15) is 5.11 Å². The summed E-state index contributed by atoms with van der Waals surface area (Å²) in [5.41, 5.74) is 0.365. The molecule has 4 heteroatoms. The molecule has 0 spiro atoms. The van der Waals surface area contributed by atoms with Gasteiger partial charge in [0.1, 0.15) is 0 Å². The molecule has 17 heavy (non-hydrogen) atoms. The van der Waals surface area contributed by atoms with E-state index in [2.05, 4.69) is 16.4 Å². The fourth-order valence-electron chi connectivity index (χ4n) is 1.61. The van der Waals surface area contributed by atoms with Crippen LogP contribution in [0.5, 0.6) is 0 Å². The van der Waals surface area contributed by atoms with Gasteiger partial charge in [0.05, 0.1) is 17.8 Å². The van der Waals surface area contributed by atoms with Crippen LogP contribution in [0.4, 0.5) is 0 Å². The van der Waals surface area contributed by atoms with Crippen molar-refractivity contribution in [1.82, 2.24) is 10.3 Å². The van der Waals surface area contributed by atoms with Crippen molar-refractivity contribution in [2.45, 2.75) is 19.0 Å². The lowest BCUT2D eigenvalue weighted by atomic mass is 9.98. The van der Waals surface area contributed by atoms with Crippen LogP contribution in [0.3, 0.4) is 0 Å². The van der Waals surface area contributed by atoms with Gasteiger partial charge in [0.15, 0.2) is 0 Å². The molecule has 0 saturated carbocycles. The van der Waals surface area contributed by atoms with E-state index >= 15 is 0 Å². The molecule has 0 fully saturated rings. The molecule has 2 N–H and O–H groups in total. The minimum absolute atomic E-state index is 0.0232. The highest BCUT2D eigenvalue weighted by atomic mass is 32.1. The summed E-state index contributed by atoms with van der Waals surface area (Å²) in [5, 5.41) is 15.0. The second kappa shape index (κ2) is 5.40. The SMILES string of the molecule is CC(CO)(NCc1cccs1)c1ccccn1. The van der Waals surface area contributed by atoms with E-state index in [1.807, 2.05) is 36.6 Å². The van der Waals surface area contributed by atoms with E-state index in [4.69, 9.17) is 0 Å². The largest absolute Gasteiger partial charge is 0.394 e. The molecule has 0 aliphatic heterocycles. The zero-order chi connectivity index (χ0) is 12.1. The van der Waals surface area contributed by atoms with Crippen molar-refractivity contribution in [3.63, 3.8) is 0 Å². The molecule has 0 aliphatic carbocycles. The Balaban J connectivity index is 2.09. The number of aromatic nitrogens is 1. The molecule has 1 atom stereocenters. The molecule has 2 aromatic heterocycles. The number of nitrogens with one attached hydrogen (secondary N) is 1. The number of aliphatic hydroxyl groups is 1. The van der Waals surface area contributed by atoms with Gasteiger partial charge in [-0.25, -0.2) is 0 Å². The predicted octanol–water partition coefficient (Wildman–Crippen LogP) is 2.14. The topological polar surface area (TPSA) is 45.1 Å². The van der Waals surface area contributed by atoms with E-state index < -0.39 is 5.54 Å². The normalized spacial score (nSPS) is 14.5. The zero-order valence-corrected chi connectivity index (χ0v) is 10.6. The van der Waals surface area contributed by atoms with Gasteiger partial charge in [-0.1, -0.05) is 12.1 Å². The second-order valence-corrected chi connectivity index (χ2v) is 5.17. The van der Waals surface area contributed by atoms with E-state index in [-0.39, 0.29) is 6.61 Å². The van der Waals surface area contributed by atoms with Crippen LogP contribution >= 0.6 is 11.3 Å². The Labute approximate surface area is 105 Å². The van der Waals surface area contributed by atoms with Crippen molar-refractivity contribution >= 4 is 11.3 Å². The van der Waals surface area contributed by atoms with Crippen LogP contribution in [0.15, 0.2) is 41.9 Å². The summed E-state index contributed by atoms with van der Waals surface area (Å²) in [6.45, 7) is 2.73. The van der Waals surface area contributed by atoms with Gasteiger partial charge in [0, 0.05) is 17.6 Å². The Morgan fingerprint density at radius 2 is 2.24 bits per heavy atom. The van der Waals surface area contributed by atoms with Gasteiger partial charge in [-0.2, -0.15) is 0 Å². The molecule has 1 unspecified atom stereocenters. The van der Waals surface area contributed by atoms with Crippen LogP contribution < -0.4 is 5.32 Å². The standard InChI is InChI=1S/C13H16N2OS/c1-13(10-16,12-6-2-3-7-14-12)15-9-11-5-4-8-17-11/h2-8,15-16H,9-10H2,1H3. The van der Waals surface area contributed by atoms with Crippen molar-refractivity contribution in [2.24, 2.45) is 0 Å². The van der Waals surface area contributed by atoms with E-state index in [0.29, 0.717) is 0 Å². The highest BCUT2D eigenvalue weighted by molar-refractivity contribution is 7.09. The smallest absolute Gasteiger partial charge is 0.0816 e. The number of aliphatic hydroxyl groups excluding tert-OH is 1. The Morgan fingerprint density at radius 3 is 2.82 bits per heavy atom. The Hall–Kier alpha value is -1.23. The average Bonchev–Trinajstić information content (AvgIpc) is 2.90. The summed E-state index contributed by atoms with van der Waals surface area (Å²) >= 11 is 1.70.